The van der Waals surface area contributed by atoms with Gasteiger partial charge >= 0.3 is 12.1 Å². The zero-order valence-corrected chi connectivity index (χ0v) is 22.0. The van der Waals surface area contributed by atoms with Gasteiger partial charge in [-0.05, 0) is 75.9 Å². The molecular formula is C28H37F3N2O3. The van der Waals surface area contributed by atoms with Gasteiger partial charge in [0.15, 0.2) is 5.60 Å². The van der Waals surface area contributed by atoms with Crippen LogP contribution in [0.15, 0.2) is 36.4 Å². The van der Waals surface area contributed by atoms with Gasteiger partial charge in [-0.3, -0.25) is 9.80 Å². The summed E-state index contributed by atoms with van der Waals surface area (Å²) >= 11 is 0. The highest BCUT2D eigenvalue weighted by Crippen LogP contribution is 2.31. The fourth-order valence-corrected chi connectivity index (χ4v) is 4.63. The Bertz CT molecular complexity index is 1030. The summed E-state index contributed by atoms with van der Waals surface area (Å²) in [7, 11) is 0. The first kappa shape index (κ1) is 28.0. The van der Waals surface area contributed by atoms with Crippen LogP contribution in [-0.4, -0.2) is 53.7 Å². The normalized spacial score (nSPS) is 17.8. The Morgan fingerprint density at radius 1 is 1.00 bits per heavy atom. The van der Waals surface area contributed by atoms with Gasteiger partial charge in [-0.15, -0.1) is 0 Å². The predicted molar refractivity (Wildman–Crippen MR) is 134 cm³/mol. The third kappa shape index (κ3) is 7.01. The second-order valence-corrected chi connectivity index (χ2v) is 10.1. The van der Waals surface area contributed by atoms with Crippen molar-refractivity contribution in [3.8, 4) is 5.75 Å². The number of alkyl halides is 3. The molecule has 1 aliphatic heterocycles. The number of benzene rings is 2. The number of nitrogens with zero attached hydrogens (tertiary/aromatic N) is 2. The molecule has 1 heterocycles. The molecule has 0 saturated carbocycles. The van der Waals surface area contributed by atoms with E-state index in [0.717, 1.165) is 55.0 Å². The van der Waals surface area contributed by atoms with Crippen LogP contribution in [-0.2, 0) is 28.8 Å². The quantitative estimate of drug-likeness (QED) is 0.427. The van der Waals surface area contributed by atoms with Crippen molar-refractivity contribution in [2.45, 2.75) is 72.5 Å². The van der Waals surface area contributed by atoms with Crippen LogP contribution in [0.3, 0.4) is 0 Å². The Morgan fingerprint density at radius 2 is 1.61 bits per heavy atom. The fourth-order valence-electron chi connectivity index (χ4n) is 4.63. The molecule has 1 aliphatic rings. The summed E-state index contributed by atoms with van der Waals surface area (Å²) in [6.07, 6.45) is -4.31. The molecule has 198 valence electrons. The van der Waals surface area contributed by atoms with Gasteiger partial charge in [0.2, 0.25) is 0 Å². The largest absolute Gasteiger partial charge is 0.476 e. The molecule has 36 heavy (non-hydrogen) atoms. The highest BCUT2D eigenvalue weighted by atomic mass is 19.4. The van der Waals surface area contributed by atoms with E-state index >= 15 is 0 Å². The van der Waals surface area contributed by atoms with E-state index in [2.05, 4.69) is 28.9 Å². The van der Waals surface area contributed by atoms with Crippen LogP contribution >= 0.6 is 0 Å². The molecule has 3 rings (SSSR count). The maximum absolute atomic E-state index is 12.8. The van der Waals surface area contributed by atoms with Gasteiger partial charge < -0.3 is 9.47 Å². The summed E-state index contributed by atoms with van der Waals surface area (Å²) in [4.78, 5) is 17.0. The summed E-state index contributed by atoms with van der Waals surface area (Å²) in [6.45, 7) is 15.6. The van der Waals surface area contributed by atoms with Gasteiger partial charge in [-0.2, -0.15) is 13.2 Å². The zero-order valence-electron chi connectivity index (χ0n) is 22.0. The molecule has 8 heteroatoms. The number of piperazine rings is 1. The summed E-state index contributed by atoms with van der Waals surface area (Å²) in [5, 5.41) is 0. The molecule has 0 aromatic heterocycles. The molecule has 5 nitrogen and oxygen atoms in total. The van der Waals surface area contributed by atoms with Crippen molar-refractivity contribution in [2.24, 2.45) is 0 Å². The summed E-state index contributed by atoms with van der Waals surface area (Å²) < 4.78 is 49.7. The van der Waals surface area contributed by atoms with Crippen molar-refractivity contribution < 1.29 is 27.4 Å². The number of carbonyl (C=O) groups is 1. The number of hydrogen-bond acceptors (Lipinski definition) is 5. The number of esters is 1. The van der Waals surface area contributed by atoms with Crippen molar-refractivity contribution in [3.05, 3.63) is 64.2 Å². The van der Waals surface area contributed by atoms with Crippen LogP contribution in [0.2, 0.25) is 0 Å². The third-order valence-electron chi connectivity index (χ3n) is 6.57. The number of aryl methyl sites for hydroxylation is 2. The van der Waals surface area contributed by atoms with Gasteiger partial charge in [0.1, 0.15) is 5.75 Å². The summed E-state index contributed by atoms with van der Waals surface area (Å²) in [6, 6.07) is 9.95. The Kier molecular flexibility index (Phi) is 8.72. The fraction of sp³-hybridized carbons (Fsp3) is 0.536. The minimum absolute atomic E-state index is 0.299. The van der Waals surface area contributed by atoms with E-state index in [1.54, 1.807) is 32.9 Å². The van der Waals surface area contributed by atoms with E-state index < -0.39 is 23.3 Å². The Hall–Kier alpha value is -2.58. The van der Waals surface area contributed by atoms with Crippen LogP contribution in [0.25, 0.3) is 0 Å². The van der Waals surface area contributed by atoms with Crippen LogP contribution in [0, 0.1) is 13.8 Å². The molecule has 0 amide bonds. The minimum Gasteiger partial charge on any atom is -0.476 e. The standard InChI is InChI=1S/C28H37F3N2O3/c1-7-35-26(34)27(5,6)36-25-19(2)14-23(15-20(25)3)18-33-13-12-32(16-21(33)4)17-22-8-10-24(11-9-22)28(29,30)31/h8-11,14-15,21H,7,12-13,16-18H2,1-6H3/t21-/m1/s1. The van der Waals surface area contributed by atoms with E-state index in [-0.39, 0.29) is 0 Å². The van der Waals surface area contributed by atoms with Crippen LogP contribution in [0.4, 0.5) is 13.2 Å². The second-order valence-electron chi connectivity index (χ2n) is 10.1. The number of rotatable bonds is 8. The van der Waals surface area contributed by atoms with Crippen LogP contribution in [0.5, 0.6) is 5.75 Å². The van der Waals surface area contributed by atoms with E-state index in [1.165, 1.54) is 5.56 Å². The van der Waals surface area contributed by atoms with Gasteiger partial charge in [0.25, 0.3) is 0 Å². The number of ether oxygens (including phenoxy) is 2. The Balaban J connectivity index is 1.60. The zero-order chi connectivity index (χ0) is 26.7. The summed E-state index contributed by atoms with van der Waals surface area (Å²) in [5.41, 5.74) is 2.30. The molecule has 0 bridgehead atoms. The van der Waals surface area contributed by atoms with E-state index in [9.17, 15) is 18.0 Å². The lowest BCUT2D eigenvalue weighted by Crippen LogP contribution is -2.50. The minimum atomic E-state index is -4.31. The van der Waals surface area contributed by atoms with E-state index in [0.29, 0.717) is 24.9 Å². The maximum Gasteiger partial charge on any atom is 0.416 e. The lowest BCUT2D eigenvalue weighted by atomic mass is 10.0. The molecule has 2 aromatic carbocycles. The van der Waals surface area contributed by atoms with E-state index in [1.807, 2.05) is 13.8 Å². The summed E-state index contributed by atoms with van der Waals surface area (Å²) in [5.74, 6) is 0.307. The van der Waals surface area contributed by atoms with Gasteiger partial charge in [-0.25, -0.2) is 4.79 Å². The van der Waals surface area contributed by atoms with E-state index in [4.69, 9.17) is 9.47 Å². The highest BCUT2D eigenvalue weighted by Gasteiger charge is 2.33. The maximum atomic E-state index is 12.8. The monoisotopic (exact) mass is 506 g/mol. The number of carbonyl (C=O) groups excluding carboxylic acids is 1. The van der Waals surface area contributed by atoms with Crippen molar-refractivity contribution in [2.75, 3.05) is 26.2 Å². The van der Waals surface area contributed by atoms with Crippen molar-refractivity contribution in [3.63, 3.8) is 0 Å². The lowest BCUT2D eigenvalue weighted by Gasteiger charge is -2.40. The smallest absolute Gasteiger partial charge is 0.416 e. The third-order valence-corrected chi connectivity index (χ3v) is 6.57. The Morgan fingerprint density at radius 3 is 2.14 bits per heavy atom. The Labute approximate surface area is 212 Å². The predicted octanol–water partition coefficient (Wildman–Crippen LogP) is 5.75. The number of hydrogen-bond donors (Lipinski definition) is 0. The van der Waals surface area contributed by atoms with Gasteiger partial charge in [0, 0.05) is 38.8 Å². The SMILES string of the molecule is CCOC(=O)C(C)(C)Oc1c(C)cc(CN2CCN(Cc3ccc(C(F)(F)F)cc3)C[C@H]2C)cc1C. The first-order valence-electron chi connectivity index (χ1n) is 12.4. The average Bonchev–Trinajstić information content (AvgIpc) is 2.78. The van der Waals surface area contributed by atoms with Crippen molar-refractivity contribution in [1.82, 2.24) is 9.80 Å². The highest BCUT2D eigenvalue weighted by molar-refractivity contribution is 5.79. The molecule has 2 aromatic rings. The average molecular weight is 507 g/mol. The second kappa shape index (κ2) is 11.2. The first-order chi connectivity index (χ1) is 16.8. The molecule has 0 N–H and O–H groups in total. The molecule has 1 atom stereocenters. The molecule has 1 saturated heterocycles. The lowest BCUT2D eigenvalue weighted by molar-refractivity contribution is -0.158. The van der Waals surface area contributed by atoms with Crippen LogP contribution < -0.4 is 4.74 Å². The van der Waals surface area contributed by atoms with Crippen LogP contribution in [0.1, 0.15) is 55.5 Å². The molecular weight excluding hydrogens is 469 g/mol. The van der Waals surface area contributed by atoms with Gasteiger partial charge in [-0.1, -0.05) is 24.3 Å². The van der Waals surface area contributed by atoms with Crippen molar-refractivity contribution >= 4 is 5.97 Å². The topological polar surface area (TPSA) is 42.0 Å². The molecule has 0 radical (unpaired) electrons. The molecule has 1 fully saturated rings. The van der Waals surface area contributed by atoms with Gasteiger partial charge in [0.05, 0.1) is 12.2 Å². The first-order valence-corrected chi connectivity index (χ1v) is 12.4. The van der Waals surface area contributed by atoms with Crippen molar-refractivity contribution in [1.29, 1.82) is 0 Å². The molecule has 0 unspecified atom stereocenters. The molecule has 0 spiro atoms. The number of halogens is 3. The molecule has 0 aliphatic carbocycles.